The average molecular weight is 1830 g/mol. The second-order valence-corrected chi connectivity index (χ2v) is 32.9. The fourth-order valence-corrected chi connectivity index (χ4v) is 15.6. The summed E-state index contributed by atoms with van der Waals surface area (Å²) in [5.41, 5.74) is 49.6. The number of aromatic nitrogens is 15. The Morgan fingerprint density at radius 1 is 0.353 bits per heavy atom. The van der Waals surface area contributed by atoms with Crippen molar-refractivity contribution in [1.29, 1.82) is 5.26 Å². The lowest BCUT2D eigenvalue weighted by atomic mass is 9.95. The number of nitrogens with zero attached hydrogens (tertiary/aromatic N) is 17. The number of benzene rings is 10. The molecule has 0 atom stereocenters. The van der Waals surface area contributed by atoms with Crippen LogP contribution in [0.5, 0.6) is 5.75 Å². The Balaban J connectivity index is 0.000000123. The van der Waals surface area contributed by atoms with E-state index in [9.17, 15) is 34.8 Å². The van der Waals surface area contributed by atoms with Crippen molar-refractivity contribution in [2.24, 2.45) is 0 Å². The number of nitrogens with one attached hydrogen (secondary N) is 1. The van der Waals surface area contributed by atoms with E-state index in [1.54, 1.807) is 85.3 Å². The van der Waals surface area contributed by atoms with E-state index in [4.69, 9.17) is 38.7 Å². The molecule has 10 heterocycles. The molecule has 0 aliphatic carbocycles. The molecule has 0 radical (unpaired) electrons. The first kappa shape index (κ1) is 91.5. The van der Waals surface area contributed by atoms with Crippen LogP contribution in [-0.2, 0) is 16.4 Å². The Morgan fingerprint density at radius 2 is 0.662 bits per heavy atom. The van der Waals surface area contributed by atoms with Gasteiger partial charge in [0.25, 0.3) is 0 Å². The molecule has 0 aliphatic rings. The van der Waals surface area contributed by atoms with Gasteiger partial charge < -0.3 is 33.4 Å². The van der Waals surface area contributed by atoms with Crippen LogP contribution in [0.2, 0.25) is 0 Å². The number of anilines is 6. The van der Waals surface area contributed by atoms with Gasteiger partial charge in [0.15, 0.2) is 11.6 Å². The largest absolute Gasteiger partial charge is 0.494 e. The smallest absolute Gasteiger partial charge is 0.419 e. The van der Waals surface area contributed by atoms with Gasteiger partial charge in [-0.15, -0.1) is 0 Å². The van der Waals surface area contributed by atoms with Crippen molar-refractivity contribution in [1.82, 2.24) is 79.1 Å². The molecule has 136 heavy (non-hydrogen) atoms. The second kappa shape index (κ2) is 39.9. The van der Waals surface area contributed by atoms with Gasteiger partial charge in [0.05, 0.1) is 80.0 Å². The Bertz CT molecular complexity index is 8100. The fraction of sp³-hybridized carbons (Fsp3) is 0.0680. The lowest BCUT2D eigenvalue weighted by Crippen LogP contribution is -2.28. The minimum absolute atomic E-state index is 0.0183. The molecule has 10 aromatic heterocycles. The van der Waals surface area contributed by atoms with Crippen molar-refractivity contribution in [3.8, 4) is 124 Å². The van der Waals surface area contributed by atoms with E-state index in [0.29, 0.717) is 79.7 Å². The van der Waals surface area contributed by atoms with Crippen molar-refractivity contribution in [2.45, 2.75) is 25.9 Å². The number of hydrogen-bond donors (Lipinski definition) is 6. The van der Waals surface area contributed by atoms with Crippen molar-refractivity contribution in [3.63, 3.8) is 0 Å². The minimum Gasteiger partial charge on any atom is -0.494 e. The summed E-state index contributed by atoms with van der Waals surface area (Å²) >= 11 is 0. The predicted molar refractivity (Wildman–Crippen MR) is 520 cm³/mol. The molecule has 0 unspecified atom stereocenters. The van der Waals surface area contributed by atoms with Crippen molar-refractivity contribution in [3.05, 3.63) is 352 Å². The zero-order valence-electron chi connectivity index (χ0n) is 73.0. The molecule has 0 saturated carbocycles. The summed E-state index contributed by atoms with van der Waals surface area (Å²) in [4.78, 5) is 63.7. The Hall–Kier alpha value is -17.8. The molecular weight excluding hydrogens is 1750 g/mol. The van der Waals surface area contributed by atoms with Gasteiger partial charge in [-0.25, -0.2) is 63.0 Å². The third kappa shape index (κ3) is 20.2. The molecule has 33 heteroatoms. The van der Waals surface area contributed by atoms with Crippen LogP contribution in [0, 0.1) is 28.8 Å². The van der Waals surface area contributed by atoms with Gasteiger partial charge in [0.1, 0.15) is 78.4 Å². The maximum Gasteiger partial charge on any atom is 0.419 e. The van der Waals surface area contributed by atoms with Gasteiger partial charge in [-0.1, -0.05) is 105 Å². The van der Waals surface area contributed by atoms with E-state index in [2.05, 4.69) is 130 Å². The van der Waals surface area contributed by atoms with Crippen LogP contribution in [0.1, 0.15) is 36.5 Å². The number of methoxy groups -OCH3 is 1. The molecular formula is C103H79F6N23O3S. The SMILES string of the molecule is CC(C)c1cccc(-c2ncccc2-c2ccc3ncnc(N)c3c2)c1.CN(C)S(=O)(=O)Nc1cccc(-c2ncccc2-c2ccc3ncnc(N)c3c2)c1.COc1cc(-c2ncccc2-c2ccc3ncnc(N)c3c2)ccc1F.N#Cc1cc(-c2ncccc2-c2ccc3ncnc(N)c3c2)ccc1F.Nc1ncnc2ccc(-c3cccnc3-c3ccc(F)c(C(F)(F)F)c3)cc12. The third-order valence-electron chi connectivity index (χ3n) is 21.9. The van der Waals surface area contributed by atoms with Crippen LogP contribution in [0.25, 0.3) is 166 Å². The summed E-state index contributed by atoms with van der Waals surface area (Å²) in [5.74, 6) is 0.365. The Morgan fingerprint density at radius 3 is 0.993 bits per heavy atom. The zero-order chi connectivity index (χ0) is 95.5. The quantitative estimate of drug-likeness (QED) is 0.0519. The van der Waals surface area contributed by atoms with Crippen LogP contribution in [0.4, 0.5) is 61.1 Å². The number of halogens is 6. The number of nitrogens with two attached hydrogens (primary N) is 5. The summed E-state index contributed by atoms with van der Waals surface area (Å²) < 4.78 is 113. The van der Waals surface area contributed by atoms with Gasteiger partial charge >= 0.3 is 16.4 Å². The van der Waals surface area contributed by atoms with Crippen LogP contribution in [0.3, 0.4) is 0 Å². The monoisotopic (exact) mass is 1830 g/mol. The average Bonchev–Trinajstić information content (AvgIpc) is 0.639. The first-order valence-corrected chi connectivity index (χ1v) is 43.2. The van der Waals surface area contributed by atoms with Crippen LogP contribution in [0.15, 0.2) is 317 Å². The molecule has 0 bridgehead atoms. The molecule has 0 amide bonds. The molecule has 0 fully saturated rings. The van der Waals surface area contributed by atoms with Crippen LogP contribution in [-0.4, -0.2) is 109 Å². The van der Waals surface area contributed by atoms with Crippen molar-refractivity contribution >= 4 is 99.5 Å². The van der Waals surface area contributed by atoms with Gasteiger partial charge in [-0.05, 0) is 203 Å². The van der Waals surface area contributed by atoms with E-state index >= 15 is 0 Å². The third-order valence-corrected chi connectivity index (χ3v) is 23.4. The van der Waals surface area contributed by atoms with E-state index in [-0.39, 0.29) is 16.9 Å². The molecule has 20 rings (SSSR count). The van der Waals surface area contributed by atoms with Gasteiger partial charge in [0, 0.05) is 128 Å². The highest BCUT2D eigenvalue weighted by atomic mass is 32.2. The summed E-state index contributed by atoms with van der Waals surface area (Å²) in [6.07, 6.45) is 10.7. The van der Waals surface area contributed by atoms with Crippen molar-refractivity contribution < 1.29 is 39.5 Å². The predicted octanol–water partition coefficient (Wildman–Crippen LogP) is 21.4. The summed E-state index contributed by atoms with van der Waals surface area (Å²) in [7, 11) is 0.773. The lowest BCUT2D eigenvalue weighted by Gasteiger charge is -2.15. The van der Waals surface area contributed by atoms with E-state index in [1.165, 1.54) is 88.9 Å². The molecule has 20 aromatic rings. The Kier molecular flexibility index (Phi) is 26.9. The maximum absolute atomic E-state index is 13.8. The summed E-state index contributed by atoms with van der Waals surface area (Å²) in [6.45, 7) is 4.40. The zero-order valence-corrected chi connectivity index (χ0v) is 73.8. The molecule has 0 spiro atoms. The van der Waals surface area contributed by atoms with E-state index < -0.39 is 39.4 Å². The lowest BCUT2D eigenvalue weighted by molar-refractivity contribution is -0.139. The highest BCUT2D eigenvalue weighted by Gasteiger charge is 2.35. The minimum atomic E-state index is -4.80. The fourth-order valence-electron chi connectivity index (χ4n) is 15.0. The molecule has 672 valence electrons. The molecule has 11 N–H and O–H groups in total. The number of ether oxygens (including phenoxy) is 1. The molecule has 10 aromatic carbocycles. The molecule has 0 aliphatic heterocycles. The number of fused-ring (bicyclic) bond motifs is 5. The van der Waals surface area contributed by atoms with Gasteiger partial charge in [0.2, 0.25) is 0 Å². The van der Waals surface area contributed by atoms with E-state index in [0.717, 1.165) is 138 Å². The number of alkyl halides is 3. The molecule has 26 nitrogen and oxygen atoms in total. The van der Waals surface area contributed by atoms with Crippen LogP contribution < -0.4 is 38.1 Å². The maximum atomic E-state index is 13.8. The van der Waals surface area contributed by atoms with E-state index in [1.807, 2.05) is 128 Å². The number of nitrogen functional groups attached to an aromatic ring is 5. The number of pyridine rings is 5. The summed E-state index contributed by atoms with van der Waals surface area (Å²) in [6, 6.07) is 76.9. The van der Waals surface area contributed by atoms with Gasteiger partial charge in [-0.3, -0.25) is 29.6 Å². The van der Waals surface area contributed by atoms with Gasteiger partial charge in [-0.2, -0.15) is 31.2 Å². The van der Waals surface area contributed by atoms with Crippen LogP contribution >= 0.6 is 0 Å². The van der Waals surface area contributed by atoms with Crippen molar-refractivity contribution in [2.75, 3.05) is 54.6 Å². The number of rotatable bonds is 15. The standard InChI is InChI=1S/C22H20N4.C21H20N6O2S.C20H12F4N4.C20H12FN5.C20H15FN4O/c1-14(2)15-5-3-6-17(11-15)21-18(7-4-10-24-21)16-8-9-20-19(12-16)22(23)26-13-25-20;1-27(2)30(28,29)26-16-6-3-5-15(11-16)20-17(7-4-10-23-20)14-8-9-19-18(12-14)21(22)25-13-24-19;21-16-5-3-12(9-15(16)20(22,23)24)18-13(2-1-7-26-18)11-4-6-17-14(8-11)19(25)28-10-27-17;21-17-5-3-13(8-14(17)10-22)19-15(2-1-7-24-19)12-4-6-18-16(9-12)20(23)26-11-25-18;1-26-18-10-13(4-6-16(18)21)19-14(3-2-8-23-19)12-5-7-17-15(9-12)20(22)25-11-24-17/h3-14H,1-2H3,(H2,23,25,26);3-13,26H,1-2H3,(H2,22,24,25);1-10H,(H2,25,27,28);1-9,11H,(H2,23,25,26);2-11H,1H3,(H2,22,24,25). The Labute approximate surface area is 774 Å². The first-order valence-electron chi connectivity index (χ1n) is 41.8. The normalized spacial score (nSPS) is 11.2. The topological polar surface area (TPSA) is 406 Å². The molecule has 0 saturated heterocycles. The second-order valence-electron chi connectivity index (χ2n) is 31.1. The number of nitriles is 1. The highest BCUT2D eigenvalue weighted by molar-refractivity contribution is 7.90. The number of hydrogen-bond acceptors (Lipinski definition) is 24. The highest BCUT2D eigenvalue weighted by Crippen LogP contribution is 2.42. The summed E-state index contributed by atoms with van der Waals surface area (Å²) in [5, 5.41) is 12.8. The first-order chi connectivity index (χ1) is 65.7.